The number of nitrogens with one attached hydrogen (secondary N) is 1. The smallest absolute Gasteiger partial charge is 0.360 e. The number of methoxy groups -OCH3 is 2. The van der Waals surface area contributed by atoms with Gasteiger partial charge in [-0.15, -0.1) is 11.5 Å². The van der Waals surface area contributed by atoms with Gasteiger partial charge < -0.3 is 43.3 Å². The summed E-state index contributed by atoms with van der Waals surface area (Å²) in [7, 11) is 4.43. The number of hydrogen-bond acceptors (Lipinski definition) is 23. The second-order valence-electron chi connectivity index (χ2n) is 16.5. The van der Waals surface area contributed by atoms with Crippen molar-refractivity contribution >= 4 is 86.3 Å². The number of carbonyl (C=O) groups excluding carboxylic acids is 6. The SMILES string of the molecule is C.C#Cc1ccc2cc(CC(=O)/C=C\C(=O)OC)c(=O)oc2c1.CO.CO.[2H]CC(=O)OC(CC)c1ccc([N+](=O)[O-])cc1.[2H]CC(=O)OC(Cn1cc(-c2ccc3cc(NC(=O)C(CC(=O)OC)SC)c(=O)oc3c2)nn1)c1ccc([N+](=O)[O-])cc1. The third kappa shape index (κ3) is 21.9. The summed E-state index contributed by atoms with van der Waals surface area (Å²) in [5.41, 5.74) is 1.89. The molecule has 0 spiro atoms. The molecule has 0 bridgehead atoms. The van der Waals surface area contributed by atoms with Gasteiger partial charge in [0.25, 0.3) is 11.4 Å². The summed E-state index contributed by atoms with van der Waals surface area (Å²) < 4.78 is 45.6. The highest BCUT2D eigenvalue weighted by atomic mass is 32.2. The Hall–Kier alpha value is -10.2. The van der Waals surface area contributed by atoms with E-state index in [2.05, 4.69) is 31.0 Å². The number of benzene rings is 4. The van der Waals surface area contributed by atoms with Crippen LogP contribution in [0.3, 0.4) is 0 Å². The molecule has 3 aromatic heterocycles. The predicted molar refractivity (Wildman–Crippen MR) is 313 cm³/mol. The van der Waals surface area contributed by atoms with Crippen LogP contribution >= 0.6 is 11.8 Å². The zero-order chi connectivity index (χ0) is 64.0. The van der Waals surface area contributed by atoms with Crippen molar-refractivity contribution in [3.8, 4) is 23.6 Å². The van der Waals surface area contributed by atoms with Crippen molar-refractivity contribution in [2.75, 3.05) is 40.0 Å². The number of rotatable bonds is 19. The lowest BCUT2D eigenvalue weighted by Gasteiger charge is -2.17. The lowest BCUT2D eigenvalue weighted by atomic mass is 10.1. The number of carbonyl (C=O) groups is 6. The molecule has 7 rings (SSSR count). The van der Waals surface area contributed by atoms with E-state index in [4.69, 9.17) is 37.7 Å². The van der Waals surface area contributed by atoms with E-state index in [0.29, 0.717) is 50.7 Å². The van der Waals surface area contributed by atoms with Crippen molar-refractivity contribution in [2.24, 2.45) is 0 Å². The number of non-ortho nitro benzene ring substituents is 2. The Morgan fingerprint density at radius 1 is 0.788 bits per heavy atom. The molecule has 3 unspecified atom stereocenters. The maximum absolute atomic E-state index is 12.6. The maximum atomic E-state index is 12.6. The van der Waals surface area contributed by atoms with Gasteiger partial charge in [-0.1, -0.05) is 37.6 Å². The number of nitro benzene ring substituents is 2. The van der Waals surface area contributed by atoms with Gasteiger partial charge in [-0.05, 0) is 90.5 Å². The molecule has 0 saturated carbocycles. The number of ether oxygens (including phenoxy) is 4. The summed E-state index contributed by atoms with van der Waals surface area (Å²) in [4.78, 5) is 115. The van der Waals surface area contributed by atoms with E-state index in [-0.39, 0.29) is 55.0 Å². The monoisotopic (exact) mass is 1200 g/mol. The molecule has 0 aliphatic carbocycles. The first-order chi connectivity index (χ1) is 41.2. The third-order valence-corrected chi connectivity index (χ3v) is 12.1. The second-order valence-corrected chi connectivity index (χ2v) is 17.6. The number of fused-ring (bicyclic) bond motifs is 2. The fraction of sp³-hybridized carbons (Fsp3) is 0.276. The fourth-order valence-corrected chi connectivity index (χ4v) is 7.73. The van der Waals surface area contributed by atoms with E-state index in [1.807, 2.05) is 6.92 Å². The summed E-state index contributed by atoms with van der Waals surface area (Å²) >= 11 is 1.14. The molecule has 27 heteroatoms. The summed E-state index contributed by atoms with van der Waals surface area (Å²) in [5, 5.41) is 46.6. The minimum absolute atomic E-state index is 0. The van der Waals surface area contributed by atoms with Crippen molar-refractivity contribution < 1.29 is 79.4 Å². The molecule has 26 nitrogen and oxygen atoms in total. The summed E-state index contributed by atoms with van der Waals surface area (Å²) in [6, 6.07) is 24.3. The van der Waals surface area contributed by atoms with Crippen LogP contribution in [0.2, 0.25) is 0 Å². The number of hydrogen-bond donors (Lipinski definition) is 3. The van der Waals surface area contributed by atoms with Gasteiger partial charge in [0.1, 0.15) is 34.8 Å². The van der Waals surface area contributed by atoms with Crippen LogP contribution in [-0.4, -0.2) is 111 Å². The zero-order valence-corrected chi connectivity index (χ0v) is 46.7. The van der Waals surface area contributed by atoms with Crippen LogP contribution < -0.4 is 16.6 Å². The van der Waals surface area contributed by atoms with E-state index in [1.165, 1.54) is 61.4 Å². The van der Waals surface area contributed by atoms with Gasteiger partial charge in [0.15, 0.2) is 5.78 Å². The van der Waals surface area contributed by atoms with Gasteiger partial charge in [-0.3, -0.25) is 44.2 Å². The number of aliphatic hydroxyl groups is 2. The Labute approximate surface area is 492 Å². The van der Waals surface area contributed by atoms with E-state index in [0.717, 1.165) is 38.1 Å². The number of ketones is 1. The molecule has 1 amide bonds. The average Bonchev–Trinajstić information content (AvgIpc) is 2.15. The number of aromatic nitrogens is 3. The van der Waals surface area contributed by atoms with Crippen LogP contribution in [0, 0.1) is 32.6 Å². The highest BCUT2D eigenvalue weighted by molar-refractivity contribution is 8.00. The molecule has 0 aliphatic heterocycles. The molecule has 85 heavy (non-hydrogen) atoms. The molecule has 450 valence electrons. The maximum Gasteiger partial charge on any atom is 0.360 e. The number of allylic oxidation sites excluding steroid dienone is 1. The zero-order valence-electron chi connectivity index (χ0n) is 47.9. The molecule has 7 aromatic rings. The van der Waals surface area contributed by atoms with Gasteiger partial charge in [0.2, 0.25) is 5.91 Å². The Balaban J connectivity index is 0.000000489. The highest BCUT2D eigenvalue weighted by Crippen LogP contribution is 2.28. The summed E-state index contributed by atoms with van der Waals surface area (Å²) in [6.45, 7) is 0.813. The first-order valence-electron chi connectivity index (χ1n) is 25.7. The molecule has 3 atom stereocenters. The predicted octanol–water partition coefficient (Wildman–Crippen LogP) is 7.57. The topological polar surface area (TPSA) is 369 Å². The van der Waals surface area contributed by atoms with Crippen molar-refractivity contribution in [1.82, 2.24) is 15.0 Å². The number of anilines is 1. The van der Waals surface area contributed by atoms with Crippen molar-refractivity contribution in [1.29, 1.82) is 0 Å². The first kappa shape index (κ1) is 67.3. The Morgan fingerprint density at radius 2 is 1.34 bits per heavy atom. The van der Waals surface area contributed by atoms with Crippen LogP contribution in [-0.2, 0) is 60.7 Å². The first-order valence-corrected chi connectivity index (χ1v) is 25.6. The van der Waals surface area contributed by atoms with Gasteiger partial charge in [0, 0.05) is 95.0 Å². The minimum Gasteiger partial charge on any atom is -0.469 e. The standard InChI is InChI=1S/C27H25N5O9S.C17H12O5.C11H13NO4.2CH4O.CH4/c1-15(33)40-23(16-6-8-19(9-7-16)32(37)38)14-31-13-21(29-30-31)17-4-5-18-10-20(27(36)41-22(18)11-17)28-26(35)24(42-3)12-25(34)39-2;1-3-11-4-5-12-9-13(17(20)22-15(12)8-11)10-14(18)6-7-16(19)21-2;1-3-11(16-8(2)13)9-4-6-10(7-5-9)12(14)15;2*1-2;/h4-11,13,23-24H,12,14H2,1-3H3,(H,28,35);1,4-9H,10H2,2H3;4-7,11H,3H2,1-2H3;2*2H,1H3;1H4/b;7-6-;;;;/i1D;;2D;;;. The number of esters is 4. The van der Waals surface area contributed by atoms with Gasteiger partial charge in [0.05, 0.1) is 48.5 Å². The van der Waals surface area contributed by atoms with Crippen LogP contribution in [0.1, 0.15) is 78.2 Å². The highest BCUT2D eigenvalue weighted by Gasteiger charge is 2.24. The minimum atomic E-state index is -0.894. The van der Waals surface area contributed by atoms with Gasteiger partial charge >= 0.3 is 35.1 Å². The van der Waals surface area contributed by atoms with Gasteiger partial charge in [-0.25, -0.2) is 19.1 Å². The second kappa shape index (κ2) is 35.6. The van der Waals surface area contributed by atoms with Crippen molar-refractivity contribution in [3.63, 3.8) is 0 Å². The molecule has 0 radical (unpaired) electrons. The Kier molecular flexibility index (Phi) is 28.2. The van der Waals surface area contributed by atoms with Crippen molar-refractivity contribution in [3.05, 3.63) is 179 Å². The number of thioether (sulfide) groups is 1. The number of aliphatic hydroxyl groups excluding tert-OH is 2. The number of nitro groups is 2. The summed E-state index contributed by atoms with van der Waals surface area (Å²) in [6.07, 6.45) is 9.48. The quantitative estimate of drug-likeness (QED) is 0.0134. The lowest BCUT2D eigenvalue weighted by molar-refractivity contribution is -0.385. The third-order valence-electron chi connectivity index (χ3n) is 11.2. The molecule has 3 heterocycles. The molecule has 4 aromatic carbocycles. The molecule has 0 aliphatic rings. The summed E-state index contributed by atoms with van der Waals surface area (Å²) in [5.74, 6) is -1.08. The van der Waals surface area contributed by atoms with E-state index in [1.54, 1.807) is 67.0 Å². The molecular formula is C58H62N6O20S. The van der Waals surface area contributed by atoms with Crippen LogP contribution in [0.15, 0.2) is 134 Å². The largest absolute Gasteiger partial charge is 0.469 e. The average molecular weight is 1200 g/mol. The fourth-order valence-electron chi connectivity index (χ4n) is 7.16. The molecule has 0 fully saturated rings. The molecule has 3 N–H and O–H groups in total. The number of terminal acetylenes is 1. The van der Waals surface area contributed by atoms with Crippen LogP contribution in [0.25, 0.3) is 33.2 Å². The van der Waals surface area contributed by atoms with Crippen molar-refractivity contribution in [2.45, 2.75) is 71.4 Å². The van der Waals surface area contributed by atoms with Crippen LogP contribution in [0.5, 0.6) is 0 Å². The van der Waals surface area contributed by atoms with Crippen LogP contribution in [0.4, 0.5) is 17.1 Å². The van der Waals surface area contributed by atoms with E-state index in [9.17, 15) is 58.6 Å². The van der Waals surface area contributed by atoms with E-state index >= 15 is 0 Å². The Morgan fingerprint density at radius 3 is 1.88 bits per heavy atom. The van der Waals surface area contributed by atoms with Gasteiger partial charge in [-0.2, -0.15) is 11.8 Å². The normalized spacial score (nSPS) is 11.5. The lowest BCUT2D eigenvalue weighted by Crippen LogP contribution is -2.29. The number of amides is 1. The molecular weight excluding hydrogens is 1130 g/mol. The number of nitrogens with zero attached hydrogens (tertiary/aromatic N) is 5. The van der Waals surface area contributed by atoms with E-state index < -0.39 is 87.9 Å². The molecule has 0 saturated heterocycles. The Bertz CT molecular complexity index is 3700.